The van der Waals surface area contributed by atoms with Gasteiger partial charge in [-0.2, -0.15) is 0 Å². The van der Waals surface area contributed by atoms with Crippen molar-refractivity contribution in [1.29, 1.82) is 0 Å². The van der Waals surface area contributed by atoms with Crippen molar-refractivity contribution in [2.75, 3.05) is 31.8 Å². The van der Waals surface area contributed by atoms with Crippen molar-refractivity contribution in [2.45, 2.75) is 17.4 Å². The molecule has 2 aliphatic rings. The van der Waals surface area contributed by atoms with Crippen molar-refractivity contribution in [3.8, 4) is 5.75 Å². The first kappa shape index (κ1) is 14.5. The van der Waals surface area contributed by atoms with E-state index in [0.29, 0.717) is 12.0 Å². The molecule has 0 aliphatic carbocycles. The van der Waals surface area contributed by atoms with Crippen molar-refractivity contribution < 1.29 is 9.47 Å². The molecule has 2 atom stereocenters. The summed E-state index contributed by atoms with van der Waals surface area (Å²) in [6.45, 7) is 2.54. The molecule has 0 saturated carbocycles. The summed E-state index contributed by atoms with van der Waals surface area (Å²) in [7, 11) is 1.76. The maximum Gasteiger partial charge on any atom is 0.175 e. The van der Waals surface area contributed by atoms with Crippen LogP contribution < -0.4 is 9.64 Å². The molecule has 6 heteroatoms. The molecule has 0 bridgehead atoms. The van der Waals surface area contributed by atoms with Gasteiger partial charge in [0, 0.05) is 55.3 Å². The first-order chi connectivity index (χ1) is 8.29. The van der Waals surface area contributed by atoms with Crippen LogP contribution >= 0.6 is 12.6 Å². The van der Waals surface area contributed by atoms with E-state index in [1.165, 1.54) is 0 Å². The molecule has 4 nitrogen and oxygen atoms in total. The number of ether oxygens (including phenoxy) is 2. The second-order valence-electron chi connectivity index (χ2n) is 4.66. The number of rotatable bonds is 2. The fourth-order valence-corrected chi connectivity index (χ4v) is 2.97. The fourth-order valence-electron chi connectivity index (χ4n) is 2.74. The van der Waals surface area contributed by atoms with Gasteiger partial charge >= 0.3 is 0 Å². The second-order valence-corrected chi connectivity index (χ2v) is 5.14. The monoisotopic (exact) mass is 275 g/mol. The third-order valence-corrected chi connectivity index (χ3v) is 3.81. The van der Waals surface area contributed by atoms with Crippen LogP contribution in [0, 0.1) is 5.92 Å². The summed E-state index contributed by atoms with van der Waals surface area (Å²) in [6, 6.07) is 2.30. The molecule has 1 radical (unpaired) electrons. The second kappa shape index (κ2) is 6.01. The number of pyridine rings is 1. The third kappa shape index (κ3) is 2.51. The molecule has 0 amide bonds. The number of anilines is 1. The summed E-state index contributed by atoms with van der Waals surface area (Å²) in [5, 5.41) is 0. The minimum atomic E-state index is 0. The van der Waals surface area contributed by atoms with E-state index in [0.717, 1.165) is 42.6 Å². The van der Waals surface area contributed by atoms with Crippen molar-refractivity contribution in [3.05, 3.63) is 12.3 Å². The summed E-state index contributed by atoms with van der Waals surface area (Å²) < 4.78 is 11.0. The summed E-state index contributed by atoms with van der Waals surface area (Å²) >= 11 is 4.41. The minimum absolute atomic E-state index is 0. The van der Waals surface area contributed by atoms with Crippen LogP contribution in [0.1, 0.15) is 6.42 Å². The first-order valence-corrected chi connectivity index (χ1v) is 6.30. The van der Waals surface area contributed by atoms with Crippen LogP contribution in [0.2, 0.25) is 0 Å². The van der Waals surface area contributed by atoms with Crippen LogP contribution in [0.5, 0.6) is 5.75 Å². The van der Waals surface area contributed by atoms with Gasteiger partial charge in [0.1, 0.15) is 6.61 Å². The molecule has 0 N–H and O–H groups in total. The minimum Gasteiger partial charge on any atom is -0.486 e. The largest absolute Gasteiger partial charge is 0.486 e. The number of nitrogens with zero attached hydrogens (tertiary/aromatic N) is 2. The molecule has 0 spiro atoms. The average molecular weight is 275 g/mol. The van der Waals surface area contributed by atoms with E-state index in [1.807, 2.05) is 6.07 Å². The van der Waals surface area contributed by atoms with Crippen molar-refractivity contribution in [2.24, 2.45) is 5.92 Å². The van der Waals surface area contributed by atoms with Gasteiger partial charge in [-0.3, -0.25) is 0 Å². The van der Waals surface area contributed by atoms with Gasteiger partial charge in [-0.05, 0) is 12.5 Å². The molecule has 3 heterocycles. The zero-order valence-electron chi connectivity index (χ0n) is 10.8. The van der Waals surface area contributed by atoms with Crippen LogP contribution in [0.25, 0.3) is 0 Å². The quantitative estimate of drug-likeness (QED) is 0.650. The summed E-state index contributed by atoms with van der Waals surface area (Å²) in [5.41, 5.74) is 0. The summed E-state index contributed by atoms with van der Waals surface area (Å²) in [4.78, 5) is 7.63. The Hall–Kier alpha value is 0.0600. The molecule has 1 saturated heterocycles. The summed E-state index contributed by atoms with van der Waals surface area (Å²) in [5.74, 6) is 2.34. The van der Waals surface area contributed by atoms with Crippen LogP contribution in [0.3, 0.4) is 0 Å². The molecule has 1 fully saturated rings. The molecule has 1 aromatic rings. The Bertz CT molecular complexity index is 433. The summed E-state index contributed by atoms with van der Waals surface area (Å²) in [6.07, 6.45) is 2.91. The van der Waals surface area contributed by atoms with E-state index in [-0.39, 0.29) is 29.6 Å². The average Bonchev–Trinajstić information content (AvgIpc) is 2.73. The van der Waals surface area contributed by atoms with Crippen LogP contribution in [0.4, 0.5) is 5.82 Å². The van der Waals surface area contributed by atoms with Gasteiger partial charge in [-0.1, -0.05) is 0 Å². The van der Waals surface area contributed by atoms with E-state index in [4.69, 9.17) is 9.47 Å². The van der Waals surface area contributed by atoms with Gasteiger partial charge < -0.3 is 14.4 Å². The molecule has 3 rings (SSSR count). The molecule has 18 heavy (non-hydrogen) atoms. The van der Waals surface area contributed by atoms with E-state index in [1.54, 1.807) is 13.3 Å². The maximum absolute atomic E-state index is 5.77. The van der Waals surface area contributed by atoms with E-state index in [9.17, 15) is 0 Å². The van der Waals surface area contributed by atoms with Gasteiger partial charge in [0.2, 0.25) is 0 Å². The Morgan fingerprint density at radius 1 is 1.61 bits per heavy atom. The Morgan fingerprint density at radius 2 is 2.44 bits per heavy atom. The normalized spacial score (nSPS) is 24.9. The zero-order valence-corrected chi connectivity index (χ0v) is 13.7. The number of aromatic nitrogens is 1. The predicted molar refractivity (Wildman–Crippen MR) is 73.9 cm³/mol. The Labute approximate surface area is 135 Å². The zero-order chi connectivity index (χ0) is 11.8. The maximum atomic E-state index is 5.77. The molecular weight excluding hydrogens is 259 g/mol. The standard InChI is InChI=1S/C12H16N2O2S.Na/c1-15-6-8-4-9-7-16-11-10(17)2-3-13-12(11)14(9)5-8;/h2-3,8-9H,4-7H2,1H3,(H,13,17);/t8?,9-;/m0./s1. The fraction of sp³-hybridized carbons (Fsp3) is 0.583. The smallest absolute Gasteiger partial charge is 0.175 e. The Morgan fingerprint density at radius 3 is 3.22 bits per heavy atom. The molecular formula is C12H16N2NaO2S. The van der Waals surface area contributed by atoms with E-state index >= 15 is 0 Å². The van der Waals surface area contributed by atoms with Crippen molar-refractivity contribution in [1.82, 2.24) is 4.98 Å². The van der Waals surface area contributed by atoms with Crippen LogP contribution in [-0.2, 0) is 4.74 Å². The topological polar surface area (TPSA) is 34.6 Å². The molecule has 1 aromatic heterocycles. The van der Waals surface area contributed by atoms with Gasteiger partial charge in [0.15, 0.2) is 11.6 Å². The van der Waals surface area contributed by atoms with E-state index < -0.39 is 0 Å². The van der Waals surface area contributed by atoms with Gasteiger partial charge in [-0.15, -0.1) is 12.6 Å². The Kier molecular flexibility index (Phi) is 4.83. The first-order valence-electron chi connectivity index (χ1n) is 5.86. The molecule has 2 aliphatic heterocycles. The van der Waals surface area contributed by atoms with Gasteiger partial charge in [0.05, 0.1) is 17.5 Å². The van der Waals surface area contributed by atoms with Crippen LogP contribution in [-0.4, -0.2) is 67.5 Å². The number of methoxy groups -OCH3 is 1. The predicted octanol–water partition coefficient (Wildman–Crippen LogP) is 1.22. The number of hydrogen-bond donors (Lipinski definition) is 1. The third-order valence-electron chi connectivity index (χ3n) is 3.46. The van der Waals surface area contributed by atoms with Gasteiger partial charge in [0.25, 0.3) is 0 Å². The molecule has 1 unspecified atom stereocenters. The molecule has 0 aromatic carbocycles. The number of thiol groups is 1. The Balaban J connectivity index is 0.00000120. The van der Waals surface area contributed by atoms with Crippen molar-refractivity contribution >= 4 is 48.0 Å². The number of hydrogen-bond acceptors (Lipinski definition) is 5. The number of fused-ring (bicyclic) bond motifs is 3. The van der Waals surface area contributed by atoms with Crippen molar-refractivity contribution in [3.63, 3.8) is 0 Å². The van der Waals surface area contributed by atoms with E-state index in [2.05, 4.69) is 22.5 Å². The van der Waals surface area contributed by atoms with Crippen LogP contribution in [0.15, 0.2) is 17.2 Å². The SMILES string of the molecule is COCC1C[C@H]2COc3c(S)ccnc3N2C1.[Na]. The van der Waals surface area contributed by atoms with Gasteiger partial charge in [-0.25, -0.2) is 4.98 Å². The molecule has 93 valence electrons.